The van der Waals surface area contributed by atoms with E-state index in [0.29, 0.717) is 6.54 Å². The molecule has 4 rings (SSSR count). The van der Waals surface area contributed by atoms with Crippen molar-refractivity contribution >= 4 is 23.5 Å². The Hall–Kier alpha value is -2.67. The standard InChI is InChI=1S/C24H30N2O5/c1-13-7-8-16(14(2)11-13)26-12-24-10-9-17(31-24)18(19(24)21(26)28)22(29)30-15(3)20(27)25-23(4,5)6/h7-11,15,17-19H,12H2,1-6H3,(H,25,27)/t15-,17+,18-,19+,24-/m0/s1. The Bertz CT molecular complexity index is 979. The molecule has 0 aliphatic carbocycles. The first-order chi connectivity index (χ1) is 14.4. The van der Waals surface area contributed by atoms with E-state index in [0.717, 1.165) is 16.8 Å². The van der Waals surface area contributed by atoms with E-state index in [4.69, 9.17) is 9.47 Å². The second kappa shape index (κ2) is 7.19. The van der Waals surface area contributed by atoms with Gasteiger partial charge < -0.3 is 19.7 Å². The number of fused-ring (bicyclic) bond motifs is 1. The van der Waals surface area contributed by atoms with Gasteiger partial charge in [0.2, 0.25) is 5.91 Å². The average Bonchev–Trinajstić information content (AvgIpc) is 3.28. The van der Waals surface area contributed by atoms with E-state index >= 15 is 0 Å². The molecule has 2 fully saturated rings. The number of ether oxygens (including phenoxy) is 2. The normalized spacial score (nSPS) is 29.8. The van der Waals surface area contributed by atoms with Gasteiger partial charge in [0.1, 0.15) is 11.5 Å². The third-order valence-corrected chi connectivity index (χ3v) is 6.18. The number of hydrogen-bond donors (Lipinski definition) is 1. The van der Waals surface area contributed by atoms with Crippen LogP contribution in [0.1, 0.15) is 38.8 Å². The molecule has 1 aromatic rings. The molecule has 5 atom stereocenters. The maximum atomic E-state index is 13.5. The van der Waals surface area contributed by atoms with Gasteiger partial charge in [0.05, 0.1) is 18.6 Å². The number of carbonyl (C=O) groups is 3. The molecule has 0 saturated carbocycles. The highest BCUT2D eigenvalue weighted by molar-refractivity contribution is 6.03. The van der Waals surface area contributed by atoms with Gasteiger partial charge in [-0.25, -0.2) is 0 Å². The third kappa shape index (κ3) is 3.65. The van der Waals surface area contributed by atoms with E-state index in [-0.39, 0.29) is 11.8 Å². The van der Waals surface area contributed by atoms with Crippen LogP contribution in [-0.4, -0.2) is 47.7 Å². The third-order valence-electron chi connectivity index (χ3n) is 6.18. The molecule has 7 nitrogen and oxygen atoms in total. The molecule has 3 aliphatic rings. The summed E-state index contributed by atoms with van der Waals surface area (Å²) >= 11 is 0. The van der Waals surface area contributed by atoms with E-state index in [1.807, 2.05) is 65.0 Å². The van der Waals surface area contributed by atoms with Gasteiger partial charge in [0.25, 0.3) is 5.91 Å². The largest absolute Gasteiger partial charge is 0.452 e. The number of amides is 2. The average molecular weight is 427 g/mol. The van der Waals surface area contributed by atoms with Crippen molar-refractivity contribution < 1.29 is 23.9 Å². The fraction of sp³-hybridized carbons (Fsp3) is 0.542. The van der Waals surface area contributed by atoms with Crippen molar-refractivity contribution in [3.8, 4) is 0 Å². The summed E-state index contributed by atoms with van der Waals surface area (Å²) in [6.45, 7) is 11.4. The number of anilines is 1. The van der Waals surface area contributed by atoms with E-state index in [9.17, 15) is 14.4 Å². The molecule has 0 aromatic heterocycles. The zero-order valence-corrected chi connectivity index (χ0v) is 18.9. The van der Waals surface area contributed by atoms with Crippen LogP contribution in [0, 0.1) is 25.7 Å². The molecular weight excluding hydrogens is 396 g/mol. The first kappa shape index (κ1) is 21.6. The van der Waals surface area contributed by atoms with Gasteiger partial charge in [-0.05, 0) is 53.2 Å². The minimum absolute atomic E-state index is 0.146. The molecule has 3 aliphatic heterocycles. The number of hydrogen-bond acceptors (Lipinski definition) is 5. The molecule has 166 valence electrons. The second-order valence-corrected chi connectivity index (χ2v) is 9.93. The Morgan fingerprint density at radius 2 is 2.00 bits per heavy atom. The van der Waals surface area contributed by atoms with Crippen molar-refractivity contribution in [1.29, 1.82) is 0 Å². The lowest BCUT2D eigenvalue weighted by molar-refractivity contribution is -0.161. The van der Waals surface area contributed by atoms with Crippen molar-refractivity contribution in [1.82, 2.24) is 5.32 Å². The lowest BCUT2D eigenvalue weighted by Crippen LogP contribution is -2.47. The van der Waals surface area contributed by atoms with Crippen LogP contribution in [0.2, 0.25) is 0 Å². The Morgan fingerprint density at radius 1 is 1.29 bits per heavy atom. The fourth-order valence-corrected chi connectivity index (χ4v) is 4.86. The summed E-state index contributed by atoms with van der Waals surface area (Å²) in [5.74, 6) is -2.52. The van der Waals surface area contributed by atoms with E-state index in [1.54, 1.807) is 4.90 Å². The smallest absolute Gasteiger partial charge is 0.313 e. The summed E-state index contributed by atoms with van der Waals surface area (Å²) < 4.78 is 11.6. The Kier molecular flexibility index (Phi) is 5.00. The molecule has 3 heterocycles. The van der Waals surface area contributed by atoms with Gasteiger partial charge in [-0.2, -0.15) is 0 Å². The van der Waals surface area contributed by atoms with Crippen molar-refractivity contribution in [2.45, 2.75) is 64.9 Å². The number of rotatable bonds is 4. The summed E-state index contributed by atoms with van der Waals surface area (Å²) in [5, 5.41) is 2.81. The quantitative estimate of drug-likeness (QED) is 0.591. The van der Waals surface area contributed by atoms with E-state index in [1.165, 1.54) is 6.92 Å². The van der Waals surface area contributed by atoms with Gasteiger partial charge in [0.15, 0.2) is 6.10 Å². The van der Waals surface area contributed by atoms with Crippen LogP contribution in [0.5, 0.6) is 0 Å². The summed E-state index contributed by atoms with van der Waals surface area (Å²) in [5.41, 5.74) is 1.67. The fourth-order valence-electron chi connectivity index (χ4n) is 4.86. The van der Waals surface area contributed by atoms with Crippen molar-refractivity contribution in [3.05, 3.63) is 41.5 Å². The molecular formula is C24H30N2O5. The maximum absolute atomic E-state index is 13.5. The minimum atomic E-state index is -0.960. The molecule has 1 aromatic carbocycles. The number of esters is 1. The molecule has 2 saturated heterocycles. The van der Waals surface area contributed by atoms with Crippen LogP contribution in [0.3, 0.4) is 0 Å². The van der Waals surface area contributed by atoms with Crippen LogP contribution in [0.15, 0.2) is 30.4 Å². The number of aryl methyl sites for hydroxylation is 2. The molecule has 0 radical (unpaired) electrons. The molecule has 1 spiro atoms. The predicted octanol–water partition coefficient (Wildman–Crippen LogP) is 2.44. The summed E-state index contributed by atoms with van der Waals surface area (Å²) in [4.78, 5) is 40.6. The zero-order valence-electron chi connectivity index (χ0n) is 18.9. The van der Waals surface area contributed by atoms with E-state index in [2.05, 4.69) is 5.32 Å². The summed E-state index contributed by atoms with van der Waals surface area (Å²) in [7, 11) is 0. The number of nitrogens with zero attached hydrogens (tertiary/aromatic N) is 1. The van der Waals surface area contributed by atoms with Crippen molar-refractivity contribution in [2.75, 3.05) is 11.4 Å². The second-order valence-electron chi connectivity index (χ2n) is 9.93. The Balaban J connectivity index is 1.55. The topological polar surface area (TPSA) is 84.9 Å². The lowest BCUT2D eigenvalue weighted by atomic mass is 9.77. The highest BCUT2D eigenvalue weighted by Gasteiger charge is 2.67. The maximum Gasteiger partial charge on any atom is 0.313 e. The Labute approximate surface area is 182 Å². The van der Waals surface area contributed by atoms with Crippen LogP contribution in [-0.2, 0) is 23.9 Å². The lowest BCUT2D eigenvalue weighted by Gasteiger charge is -2.26. The highest BCUT2D eigenvalue weighted by atomic mass is 16.6. The van der Waals surface area contributed by atoms with Crippen LogP contribution in [0.4, 0.5) is 5.69 Å². The highest BCUT2D eigenvalue weighted by Crippen LogP contribution is 2.53. The van der Waals surface area contributed by atoms with Gasteiger partial charge in [0, 0.05) is 11.2 Å². The number of benzene rings is 1. The van der Waals surface area contributed by atoms with Gasteiger partial charge in [-0.1, -0.05) is 29.8 Å². The molecule has 7 heteroatoms. The van der Waals surface area contributed by atoms with Gasteiger partial charge >= 0.3 is 5.97 Å². The summed E-state index contributed by atoms with van der Waals surface area (Å²) in [6.07, 6.45) is 2.27. The predicted molar refractivity (Wildman–Crippen MR) is 115 cm³/mol. The van der Waals surface area contributed by atoms with Crippen LogP contribution >= 0.6 is 0 Å². The molecule has 0 unspecified atom stereocenters. The zero-order chi connectivity index (χ0) is 22.7. The molecule has 31 heavy (non-hydrogen) atoms. The first-order valence-electron chi connectivity index (χ1n) is 10.7. The first-order valence-corrected chi connectivity index (χ1v) is 10.7. The molecule has 2 bridgehead atoms. The minimum Gasteiger partial charge on any atom is -0.452 e. The number of carbonyl (C=O) groups excluding carboxylic acids is 3. The summed E-state index contributed by atoms with van der Waals surface area (Å²) in [6, 6.07) is 5.93. The SMILES string of the molecule is Cc1ccc(N2C[C@]34C=C[C@@H](O3)[C@H](C(=O)O[C@@H](C)C(=O)NC(C)(C)C)[C@@H]4C2=O)c(C)c1. The van der Waals surface area contributed by atoms with Gasteiger partial charge in [-0.3, -0.25) is 14.4 Å². The molecule has 1 N–H and O–H groups in total. The van der Waals surface area contributed by atoms with Gasteiger partial charge in [-0.15, -0.1) is 0 Å². The number of nitrogens with one attached hydrogen (secondary N) is 1. The van der Waals surface area contributed by atoms with Crippen LogP contribution < -0.4 is 10.2 Å². The van der Waals surface area contributed by atoms with Crippen molar-refractivity contribution in [2.24, 2.45) is 11.8 Å². The Morgan fingerprint density at radius 3 is 2.65 bits per heavy atom. The van der Waals surface area contributed by atoms with Crippen LogP contribution in [0.25, 0.3) is 0 Å². The molecule has 2 amide bonds. The van der Waals surface area contributed by atoms with Crippen molar-refractivity contribution in [3.63, 3.8) is 0 Å². The monoisotopic (exact) mass is 426 g/mol. The van der Waals surface area contributed by atoms with E-state index < -0.39 is 41.2 Å².